The van der Waals surface area contributed by atoms with Crippen molar-refractivity contribution in [2.75, 3.05) is 13.2 Å². The second kappa shape index (κ2) is 7.71. The third-order valence-corrected chi connectivity index (χ3v) is 4.93. The summed E-state index contributed by atoms with van der Waals surface area (Å²) in [5.41, 5.74) is 1.85. The molecule has 1 saturated heterocycles. The fourth-order valence-corrected chi connectivity index (χ4v) is 3.43. The van der Waals surface area contributed by atoms with Crippen molar-refractivity contribution in [3.05, 3.63) is 77.9 Å². The van der Waals surface area contributed by atoms with E-state index < -0.39 is 0 Å². The van der Waals surface area contributed by atoms with Gasteiger partial charge in [-0.15, -0.1) is 0 Å². The van der Waals surface area contributed by atoms with Crippen LogP contribution in [0.4, 0.5) is 0 Å². The molecule has 3 nitrogen and oxygen atoms in total. The molecule has 0 unspecified atom stereocenters. The van der Waals surface area contributed by atoms with E-state index in [-0.39, 0.29) is 11.7 Å². The maximum Gasteiger partial charge on any atom is 0.166 e. The summed E-state index contributed by atoms with van der Waals surface area (Å²) >= 11 is 0. The van der Waals surface area contributed by atoms with Crippen LogP contribution in [-0.2, 0) is 11.3 Å². The highest BCUT2D eigenvalue weighted by molar-refractivity contribution is 5.98. The lowest BCUT2D eigenvalue weighted by molar-refractivity contribution is 0.0544. The maximum atomic E-state index is 12.7. The van der Waals surface area contributed by atoms with Crippen LogP contribution in [0.5, 0.6) is 5.75 Å². The van der Waals surface area contributed by atoms with Crippen LogP contribution in [0, 0.1) is 5.92 Å². The fourth-order valence-electron chi connectivity index (χ4n) is 3.43. The van der Waals surface area contributed by atoms with Gasteiger partial charge in [0.1, 0.15) is 12.4 Å². The van der Waals surface area contributed by atoms with Crippen LogP contribution in [0.1, 0.15) is 28.8 Å². The molecule has 1 aliphatic heterocycles. The summed E-state index contributed by atoms with van der Waals surface area (Å²) in [6.07, 6.45) is 1.61. The van der Waals surface area contributed by atoms with Crippen LogP contribution in [0.25, 0.3) is 10.8 Å². The molecule has 0 bridgehead atoms. The highest BCUT2D eigenvalue weighted by atomic mass is 16.5. The number of ketones is 1. The van der Waals surface area contributed by atoms with E-state index in [0.29, 0.717) is 19.8 Å². The molecule has 1 heterocycles. The molecule has 0 N–H and O–H groups in total. The Hall–Kier alpha value is -2.65. The Kier molecular flexibility index (Phi) is 4.98. The van der Waals surface area contributed by atoms with Gasteiger partial charge in [0.2, 0.25) is 0 Å². The Bertz CT molecular complexity index is 910. The molecule has 3 aromatic carbocycles. The number of Topliss-reactive ketones (excluding diaryl/α,β-unsaturated/α-hetero) is 1. The molecule has 0 spiro atoms. The summed E-state index contributed by atoms with van der Waals surface area (Å²) in [5.74, 6) is 1.00. The molecule has 0 aliphatic carbocycles. The average molecular weight is 346 g/mol. The zero-order valence-corrected chi connectivity index (χ0v) is 14.7. The van der Waals surface area contributed by atoms with E-state index in [1.54, 1.807) is 0 Å². The third-order valence-electron chi connectivity index (χ3n) is 4.93. The number of carbonyl (C=O) groups excluding carboxylic acids is 1. The first-order valence-electron chi connectivity index (χ1n) is 9.12. The van der Waals surface area contributed by atoms with E-state index in [9.17, 15) is 4.79 Å². The summed E-state index contributed by atoms with van der Waals surface area (Å²) in [4.78, 5) is 12.7. The molecule has 1 fully saturated rings. The Labute approximate surface area is 153 Å². The quantitative estimate of drug-likeness (QED) is 0.608. The molecule has 0 radical (unpaired) electrons. The van der Waals surface area contributed by atoms with Crippen LogP contribution in [-0.4, -0.2) is 19.0 Å². The first kappa shape index (κ1) is 16.8. The summed E-state index contributed by atoms with van der Waals surface area (Å²) in [5, 5.41) is 2.43. The van der Waals surface area contributed by atoms with Crippen molar-refractivity contribution >= 4 is 16.6 Å². The van der Waals surface area contributed by atoms with E-state index in [2.05, 4.69) is 30.3 Å². The van der Waals surface area contributed by atoms with Gasteiger partial charge >= 0.3 is 0 Å². The van der Waals surface area contributed by atoms with Crippen LogP contribution in [0.3, 0.4) is 0 Å². The minimum absolute atomic E-state index is 0.0690. The normalized spacial score (nSPS) is 15.1. The number of carbonyl (C=O) groups is 1. The monoisotopic (exact) mass is 346 g/mol. The molecule has 0 amide bonds. The minimum atomic E-state index is 0.0690. The Morgan fingerprint density at radius 3 is 2.58 bits per heavy atom. The molecule has 4 rings (SSSR count). The first-order chi connectivity index (χ1) is 12.8. The van der Waals surface area contributed by atoms with Gasteiger partial charge in [-0.05, 0) is 47.4 Å². The first-order valence-corrected chi connectivity index (χ1v) is 9.12. The largest absolute Gasteiger partial charge is 0.489 e. The van der Waals surface area contributed by atoms with Gasteiger partial charge in [0.05, 0.1) is 0 Å². The van der Waals surface area contributed by atoms with Gasteiger partial charge in [-0.2, -0.15) is 0 Å². The Morgan fingerprint density at radius 1 is 0.923 bits per heavy atom. The van der Waals surface area contributed by atoms with Gasteiger partial charge in [0, 0.05) is 24.7 Å². The number of rotatable bonds is 5. The van der Waals surface area contributed by atoms with Crippen molar-refractivity contribution in [1.29, 1.82) is 0 Å². The van der Waals surface area contributed by atoms with Crippen LogP contribution >= 0.6 is 0 Å². The number of hydrogen-bond acceptors (Lipinski definition) is 3. The average Bonchev–Trinajstić information content (AvgIpc) is 2.72. The summed E-state index contributed by atoms with van der Waals surface area (Å²) < 4.78 is 11.3. The number of hydrogen-bond donors (Lipinski definition) is 0. The standard InChI is InChI=1S/C23H22O3/c24-23(19-10-12-25-13-11-19)21-6-3-7-22(15-21)26-16-17-8-9-18-4-1-2-5-20(18)14-17/h1-9,14-15,19H,10-13,16H2. The lowest BCUT2D eigenvalue weighted by Gasteiger charge is -2.21. The van der Waals surface area contributed by atoms with Gasteiger partial charge in [-0.1, -0.05) is 48.5 Å². The van der Waals surface area contributed by atoms with Gasteiger partial charge in [-0.25, -0.2) is 0 Å². The SMILES string of the molecule is O=C(c1cccc(OCc2ccc3ccccc3c2)c1)C1CCOCC1. The van der Waals surface area contributed by atoms with Crippen molar-refractivity contribution < 1.29 is 14.3 Å². The van der Waals surface area contributed by atoms with Gasteiger partial charge in [0.25, 0.3) is 0 Å². The summed E-state index contributed by atoms with van der Waals surface area (Å²) in [6, 6.07) is 22.2. The van der Waals surface area contributed by atoms with Crippen molar-refractivity contribution in [3.8, 4) is 5.75 Å². The predicted molar refractivity (Wildman–Crippen MR) is 103 cm³/mol. The molecule has 3 aromatic rings. The van der Waals surface area contributed by atoms with E-state index >= 15 is 0 Å². The number of fused-ring (bicyclic) bond motifs is 1. The summed E-state index contributed by atoms with van der Waals surface area (Å²) in [6.45, 7) is 1.84. The Balaban J connectivity index is 1.45. The van der Waals surface area contributed by atoms with Crippen LogP contribution in [0.2, 0.25) is 0 Å². The molecule has 1 aliphatic rings. The van der Waals surface area contributed by atoms with E-state index in [1.165, 1.54) is 10.8 Å². The molecule has 0 saturated carbocycles. The zero-order valence-electron chi connectivity index (χ0n) is 14.7. The van der Waals surface area contributed by atoms with E-state index in [4.69, 9.17) is 9.47 Å². The summed E-state index contributed by atoms with van der Waals surface area (Å²) in [7, 11) is 0. The molecule has 26 heavy (non-hydrogen) atoms. The smallest absolute Gasteiger partial charge is 0.166 e. The zero-order chi connectivity index (χ0) is 17.8. The van der Waals surface area contributed by atoms with Crippen LogP contribution < -0.4 is 4.74 Å². The third kappa shape index (κ3) is 3.78. The fraction of sp³-hybridized carbons (Fsp3) is 0.261. The van der Waals surface area contributed by atoms with E-state index in [0.717, 1.165) is 29.7 Å². The minimum Gasteiger partial charge on any atom is -0.489 e. The molecule has 0 aromatic heterocycles. The lowest BCUT2D eigenvalue weighted by atomic mass is 9.91. The highest BCUT2D eigenvalue weighted by Gasteiger charge is 2.22. The van der Waals surface area contributed by atoms with Crippen molar-refractivity contribution in [3.63, 3.8) is 0 Å². The molecule has 3 heteroatoms. The lowest BCUT2D eigenvalue weighted by Crippen LogP contribution is -2.23. The second-order valence-electron chi connectivity index (χ2n) is 6.75. The maximum absolute atomic E-state index is 12.7. The molecular formula is C23H22O3. The predicted octanol–water partition coefficient (Wildman–Crippen LogP) is 5.03. The number of benzene rings is 3. The number of ether oxygens (including phenoxy) is 2. The molecule has 132 valence electrons. The van der Waals surface area contributed by atoms with Gasteiger partial charge in [0.15, 0.2) is 5.78 Å². The Morgan fingerprint density at radius 2 is 1.73 bits per heavy atom. The second-order valence-corrected chi connectivity index (χ2v) is 6.75. The van der Waals surface area contributed by atoms with Gasteiger partial charge in [-0.3, -0.25) is 4.79 Å². The van der Waals surface area contributed by atoms with Gasteiger partial charge < -0.3 is 9.47 Å². The molecule has 0 atom stereocenters. The van der Waals surface area contributed by atoms with Crippen LogP contribution in [0.15, 0.2) is 66.7 Å². The van der Waals surface area contributed by atoms with E-state index in [1.807, 2.05) is 36.4 Å². The molecular weight excluding hydrogens is 324 g/mol. The van der Waals surface area contributed by atoms with Crippen molar-refractivity contribution in [2.45, 2.75) is 19.4 Å². The topological polar surface area (TPSA) is 35.5 Å². The highest BCUT2D eigenvalue weighted by Crippen LogP contribution is 2.23. The van der Waals surface area contributed by atoms with Crippen molar-refractivity contribution in [2.24, 2.45) is 5.92 Å². The van der Waals surface area contributed by atoms with Crippen molar-refractivity contribution in [1.82, 2.24) is 0 Å².